The monoisotopic (exact) mass is 516 g/mol. The predicted molar refractivity (Wildman–Crippen MR) is 159 cm³/mol. The third-order valence-electron chi connectivity index (χ3n) is 7.63. The number of rotatable bonds is 0. The van der Waals surface area contributed by atoms with Crippen molar-refractivity contribution in [2.45, 2.75) is 6.42 Å². The lowest BCUT2D eigenvalue weighted by Crippen LogP contribution is -2.17. The van der Waals surface area contributed by atoms with E-state index in [9.17, 15) is 0 Å². The van der Waals surface area contributed by atoms with Crippen molar-refractivity contribution in [3.63, 3.8) is 0 Å². The molecule has 0 aromatic heterocycles. The van der Waals surface area contributed by atoms with Gasteiger partial charge in [-0.05, 0) is 82.6 Å². The summed E-state index contributed by atoms with van der Waals surface area (Å²) in [5, 5.41) is 4.59. The first-order valence-corrected chi connectivity index (χ1v) is 13.5. The molecule has 6 aromatic carbocycles. The summed E-state index contributed by atoms with van der Waals surface area (Å²) in [7, 11) is 0. The highest BCUT2D eigenvalue weighted by atomic mass is 16.5. The highest BCUT2D eigenvalue weighted by Crippen LogP contribution is 2.36. The SMILES string of the molecule is C1=c2c(ccc3c4c(ccc23)Oc2ccccc2C=4)Oc2ccccc21.c1ccc2c(c1)Cc1ccccc1O2. The van der Waals surface area contributed by atoms with Crippen LogP contribution in [0, 0.1) is 0 Å². The first kappa shape index (κ1) is 22.7. The second-order valence-corrected chi connectivity index (χ2v) is 10.1. The van der Waals surface area contributed by atoms with Gasteiger partial charge in [-0.1, -0.05) is 72.8 Å². The number of ether oxygens (including phenoxy) is 3. The third-order valence-corrected chi connectivity index (χ3v) is 7.63. The van der Waals surface area contributed by atoms with Gasteiger partial charge in [0, 0.05) is 28.0 Å². The molecular formula is C37H24O3. The largest absolute Gasteiger partial charge is 0.457 e. The lowest BCUT2D eigenvalue weighted by Gasteiger charge is -2.19. The van der Waals surface area contributed by atoms with Crippen molar-refractivity contribution >= 4 is 22.9 Å². The van der Waals surface area contributed by atoms with Crippen molar-refractivity contribution in [3.8, 4) is 34.5 Å². The van der Waals surface area contributed by atoms with E-state index in [-0.39, 0.29) is 0 Å². The van der Waals surface area contributed by atoms with Crippen LogP contribution in [0.5, 0.6) is 34.5 Å². The van der Waals surface area contributed by atoms with Crippen LogP contribution in [-0.2, 0) is 6.42 Å². The second-order valence-electron chi connectivity index (χ2n) is 10.1. The highest BCUT2D eigenvalue weighted by Gasteiger charge is 2.17. The van der Waals surface area contributed by atoms with Crippen LogP contribution >= 0.6 is 0 Å². The molecule has 0 fully saturated rings. The van der Waals surface area contributed by atoms with Gasteiger partial charge in [0.1, 0.15) is 34.5 Å². The van der Waals surface area contributed by atoms with Gasteiger partial charge < -0.3 is 14.2 Å². The summed E-state index contributed by atoms with van der Waals surface area (Å²) < 4.78 is 18.0. The Bertz CT molecular complexity index is 1880. The first-order chi connectivity index (χ1) is 19.8. The summed E-state index contributed by atoms with van der Waals surface area (Å²) in [5.74, 6) is 5.58. The Kier molecular flexibility index (Phi) is 5.20. The van der Waals surface area contributed by atoms with E-state index in [0.29, 0.717) is 0 Å². The molecule has 0 radical (unpaired) electrons. The first-order valence-electron chi connectivity index (χ1n) is 13.5. The summed E-state index contributed by atoms with van der Waals surface area (Å²) in [4.78, 5) is 0. The van der Waals surface area contributed by atoms with E-state index in [1.165, 1.54) is 21.9 Å². The minimum atomic E-state index is 0.897. The average Bonchev–Trinajstić information content (AvgIpc) is 3.02. The molecule has 0 N–H and O–H groups in total. The minimum Gasteiger partial charge on any atom is -0.457 e. The summed E-state index contributed by atoms with van der Waals surface area (Å²) in [6.07, 6.45) is 5.40. The van der Waals surface area contributed by atoms with Crippen LogP contribution in [0.4, 0.5) is 0 Å². The van der Waals surface area contributed by atoms with Gasteiger partial charge in [0.2, 0.25) is 0 Å². The topological polar surface area (TPSA) is 27.7 Å². The van der Waals surface area contributed by atoms with E-state index in [1.54, 1.807) is 0 Å². The van der Waals surface area contributed by atoms with Gasteiger partial charge in [0.15, 0.2) is 0 Å². The summed E-state index contributed by atoms with van der Waals surface area (Å²) in [5.41, 5.74) is 4.75. The van der Waals surface area contributed by atoms with Gasteiger partial charge in [0.25, 0.3) is 0 Å². The van der Waals surface area contributed by atoms with E-state index in [4.69, 9.17) is 14.2 Å². The van der Waals surface area contributed by atoms with Crippen LogP contribution in [0.1, 0.15) is 22.3 Å². The number of benzene rings is 6. The molecule has 9 rings (SSSR count). The smallest absolute Gasteiger partial charge is 0.135 e. The number of fused-ring (bicyclic) bond motifs is 9. The van der Waals surface area contributed by atoms with Crippen LogP contribution in [-0.4, -0.2) is 0 Å². The Balaban J connectivity index is 0.000000148. The van der Waals surface area contributed by atoms with Gasteiger partial charge in [-0.15, -0.1) is 0 Å². The van der Waals surface area contributed by atoms with Crippen molar-refractivity contribution in [2.75, 3.05) is 0 Å². The van der Waals surface area contributed by atoms with Crippen molar-refractivity contribution in [1.29, 1.82) is 0 Å². The number of hydrogen-bond acceptors (Lipinski definition) is 3. The Labute approximate surface area is 231 Å². The average molecular weight is 517 g/mol. The molecule has 40 heavy (non-hydrogen) atoms. The van der Waals surface area contributed by atoms with E-state index in [0.717, 1.165) is 62.5 Å². The molecule has 3 aliphatic rings. The molecule has 0 aliphatic carbocycles. The lowest BCUT2D eigenvalue weighted by molar-refractivity contribution is 0.460. The quantitative estimate of drug-likeness (QED) is 0.204. The molecule has 3 nitrogen and oxygen atoms in total. The molecule has 3 heterocycles. The molecule has 0 unspecified atom stereocenters. The van der Waals surface area contributed by atoms with Gasteiger partial charge in [-0.2, -0.15) is 0 Å². The number of hydrogen-bond donors (Lipinski definition) is 0. The second kappa shape index (κ2) is 9.18. The third kappa shape index (κ3) is 3.83. The maximum absolute atomic E-state index is 6.11. The molecule has 6 aromatic rings. The number of para-hydroxylation sites is 4. The molecule has 0 saturated carbocycles. The fourth-order valence-corrected chi connectivity index (χ4v) is 5.64. The molecule has 0 bridgehead atoms. The van der Waals surface area contributed by atoms with Crippen LogP contribution in [0.15, 0.2) is 121 Å². The summed E-state index contributed by atoms with van der Waals surface area (Å²) >= 11 is 0. The van der Waals surface area contributed by atoms with Crippen molar-refractivity contribution in [2.24, 2.45) is 0 Å². The van der Waals surface area contributed by atoms with E-state index in [1.807, 2.05) is 60.7 Å². The minimum absolute atomic E-state index is 0.897. The molecular weight excluding hydrogens is 492 g/mol. The van der Waals surface area contributed by atoms with E-state index < -0.39 is 0 Å². The van der Waals surface area contributed by atoms with Crippen LogP contribution in [0.3, 0.4) is 0 Å². The fraction of sp³-hybridized carbons (Fsp3) is 0.0270. The van der Waals surface area contributed by atoms with Gasteiger partial charge >= 0.3 is 0 Å². The fourth-order valence-electron chi connectivity index (χ4n) is 5.64. The molecule has 0 amide bonds. The standard InChI is InChI=1S/C24H14O2.C13H10O/c1-3-7-21-15(5-1)13-19-17-9-12-24-20(18(17)10-11-23(19)25-21)14-16-6-2-4-8-22(16)26-24;1-3-7-12-10(5-1)9-11-6-2-4-8-13(11)14-12/h1-14H;1-8H,9H2. The zero-order chi connectivity index (χ0) is 26.5. The predicted octanol–water partition coefficient (Wildman–Crippen LogP) is 8.09. The van der Waals surface area contributed by atoms with E-state index in [2.05, 4.69) is 72.8 Å². The van der Waals surface area contributed by atoms with Gasteiger partial charge in [0.05, 0.1) is 0 Å². The molecule has 190 valence electrons. The Morgan fingerprint density at radius 2 is 0.750 bits per heavy atom. The van der Waals surface area contributed by atoms with E-state index >= 15 is 0 Å². The van der Waals surface area contributed by atoms with Gasteiger partial charge in [-0.25, -0.2) is 0 Å². The van der Waals surface area contributed by atoms with Crippen LogP contribution in [0.2, 0.25) is 0 Å². The van der Waals surface area contributed by atoms with Crippen LogP contribution in [0.25, 0.3) is 22.9 Å². The van der Waals surface area contributed by atoms with Crippen molar-refractivity contribution in [1.82, 2.24) is 0 Å². The summed E-state index contributed by atoms with van der Waals surface area (Å²) in [6, 6.07) is 41.0. The molecule has 3 aliphatic heterocycles. The highest BCUT2D eigenvalue weighted by molar-refractivity contribution is 5.91. The Morgan fingerprint density at radius 1 is 0.350 bits per heavy atom. The maximum atomic E-state index is 6.11. The molecule has 0 spiro atoms. The van der Waals surface area contributed by atoms with Crippen molar-refractivity contribution < 1.29 is 14.2 Å². The molecule has 3 heteroatoms. The maximum Gasteiger partial charge on any atom is 0.135 e. The summed E-state index contributed by atoms with van der Waals surface area (Å²) in [6.45, 7) is 0. The van der Waals surface area contributed by atoms with Crippen LogP contribution < -0.4 is 24.6 Å². The lowest BCUT2D eigenvalue weighted by atomic mass is 9.99. The van der Waals surface area contributed by atoms with Gasteiger partial charge in [-0.3, -0.25) is 0 Å². The molecule has 0 atom stereocenters. The Hall–Kier alpha value is -5.28. The zero-order valence-electron chi connectivity index (χ0n) is 21.6. The zero-order valence-corrected chi connectivity index (χ0v) is 21.6. The molecule has 0 saturated heterocycles. The Morgan fingerprint density at radius 3 is 1.25 bits per heavy atom. The normalized spacial score (nSPS) is 12.9. The van der Waals surface area contributed by atoms with Crippen molar-refractivity contribution in [3.05, 3.63) is 154 Å².